The number of rotatable bonds is 8. The van der Waals surface area contributed by atoms with Crippen LogP contribution in [0.3, 0.4) is 0 Å². The molecule has 0 spiro atoms. The minimum Gasteiger partial charge on any atom is -0.497 e. The van der Waals surface area contributed by atoms with Crippen molar-refractivity contribution in [2.75, 3.05) is 38.3 Å². The molecule has 32 heavy (non-hydrogen) atoms. The molecule has 0 bridgehead atoms. The average molecular weight is 431 g/mol. The van der Waals surface area contributed by atoms with Gasteiger partial charge >= 0.3 is 0 Å². The van der Waals surface area contributed by atoms with E-state index in [2.05, 4.69) is 35.9 Å². The highest BCUT2D eigenvalue weighted by molar-refractivity contribution is 6.16. The van der Waals surface area contributed by atoms with Crippen LogP contribution in [-0.2, 0) is 0 Å². The average Bonchev–Trinajstić information content (AvgIpc) is 3.11. The summed E-state index contributed by atoms with van der Waals surface area (Å²) in [5.41, 5.74) is 7.09. The molecule has 0 atom stereocenters. The SMILES string of the molecule is COc1ccc(C2=C(C)/C(=N\c3ccc(N(CCO)CCO)cc3)c3cccc[n+]32)cc1. The van der Waals surface area contributed by atoms with Crippen molar-refractivity contribution < 1.29 is 19.5 Å². The fourth-order valence-electron chi connectivity index (χ4n) is 4.04. The lowest BCUT2D eigenvalue weighted by atomic mass is 10.1. The molecule has 6 nitrogen and oxygen atoms in total. The van der Waals surface area contributed by atoms with E-state index in [0.29, 0.717) is 13.1 Å². The number of methoxy groups -OCH3 is 1. The number of nitrogens with zero attached hydrogens (tertiary/aromatic N) is 3. The van der Waals surface area contributed by atoms with Gasteiger partial charge in [0.05, 0.1) is 31.6 Å². The van der Waals surface area contributed by atoms with Crippen molar-refractivity contribution in [2.24, 2.45) is 4.99 Å². The van der Waals surface area contributed by atoms with E-state index in [1.807, 2.05) is 53.4 Å². The van der Waals surface area contributed by atoms with Crippen molar-refractivity contribution in [2.45, 2.75) is 6.92 Å². The van der Waals surface area contributed by atoms with Gasteiger partial charge in [-0.15, -0.1) is 0 Å². The van der Waals surface area contributed by atoms with E-state index in [1.165, 1.54) is 0 Å². The van der Waals surface area contributed by atoms with Crippen LogP contribution in [0.2, 0.25) is 0 Å². The Kier molecular flexibility index (Phi) is 6.63. The monoisotopic (exact) mass is 430 g/mol. The zero-order chi connectivity index (χ0) is 22.5. The minimum absolute atomic E-state index is 0.0379. The summed E-state index contributed by atoms with van der Waals surface area (Å²) in [5.74, 6) is 0.828. The van der Waals surface area contributed by atoms with Gasteiger partial charge in [0, 0.05) is 36.5 Å². The molecule has 0 saturated carbocycles. The van der Waals surface area contributed by atoms with Crippen molar-refractivity contribution in [1.29, 1.82) is 0 Å². The highest BCUT2D eigenvalue weighted by atomic mass is 16.5. The quantitative estimate of drug-likeness (QED) is 0.539. The molecule has 0 radical (unpaired) electrons. The number of pyridine rings is 1. The molecule has 0 fully saturated rings. The molecule has 0 unspecified atom stereocenters. The van der Waals surface area contributed by atoms with Gasteiger partial charge in [-0.05, 0) is 61.5 Å². The maximum Gasteiger partial charge on any atom is 0.237 e. The van der Waals surface area contributed by atoms with Crippen molar-refractivity contribution in [3.05, 3.63) is 89.8 Å². The molecule has 4 rings (SSSR count). The first-order chi connectivity index (χ1) is 15.7. The Labute approximate surface area is 188 Å². The van der Waals surface area contributed by atoms with Gasteiger partial charge in [0.2, 0.25) is 11.4 Å². The molecule has 2 aromatic carbocycles. The standard InChI is InChI=1S/C26H28N3O3/c1-19-25(27-21-8-10-22(11-9-21)28(15-17-30)16-18-31)24-5-3-4-14-29(24)26(19)20-6-12-23(32-2)13-7-20/h3-14,30-31H,15-18H2,1-2H3/q+1. The van der Waals surface area contributed by atoms with Crippen molar-refractivity contribution in [3.63, 3.8) is 0 Å². The molecular formula is C26H28N3O3+. The van der Waals surface area contributed by atoms with Gasteiger partial charge in [0.15, 0.2) is 6.20 Å². The topological polar surface area (TPSA) is 69.2 Å². The molecule has 0 saturated heterocycles. The zero-order valence-electron chi connectivity index (χ0n) is 18.4. The van der Waals surface area contributed by atoms with Crippen LogP contribution in [0, 0.1) is 0 Å². The van der Waals surface area contributed by atoms with Crippen molar-refractivity contribution in [3.8, 4) is 5.75 Å². The molecular weight excluding hydrogens is 402 g/mol. The highest BCUT2D eigenvalue weighted by Gasteiger charge is 2.34. The van der Waals surface area contributed by atoms with Crippen LogP contribution in [0.25, 0.3) is 5.70 Å². The summed E-state index contributed by atoms with van der Waals surface area (Å²) in [6.45, 7) is 3.13. The Hall–Kier alpha value is -3.48. The van der Waals surface area contributed by atoms with E-state index < -0.39 is 0 Å². The number of fused-ring (bicyclic) bond motifs is 1. The summed E-state index contributed by atoms with van der Waals surface area (Å²) >= 11 is 0. The number of aliphatic imine (C=N–C) groups is 1. The smallest absolute Gasteiger partial charge is 0.237 e. The fraction of sp³-hybridized carbons (Fsp3) is 0.231. The fourth-order valence-corrected chi connectivity index (χ4v) is 4.04. The molecule has 1 aliphatic rings. The van der Waals surface area contributed by atoms with Gasteiger partial charge in [-0.25, -0.2) is 4.99 Å². The number of aliphatic hydroxyl groups excluding tert-OH is 2. The first kappa shape index (κ1) is 21.7. The van der Waals surface area contributed by atoms with Crippen LogP contribution in [0.5, 0.6) is 5.75 Å². The second-order valence-corrected chi connectivity index (χ2v) is 7.57. The number of benzene rings is 2. The van der Waals surface area contributed by atoms with Gasteiger partial charge < -0.3 is 19.8 Å². The van der Waals surface area contributed by atoms with Gasteiger partial charge in [-0.2, -0.15) is 4.57 Å². The molecule has 1 aliphatic heterocycles. The molecule has 3 aromatic rings. The van der Waals surface area contributed by atoms with Gasteiger partial charge in [0.1, 0.15) is 11.5 Å². The van der Waals surface area contributed by atoms with Gasteiger partial charge in [0.25, 0.3) is 0 Å². The van der Waals surface area contributed by atoms with E-state index in [4.69, 9.17) is 9.73 Å². The van der Waals surface area contributed by atoms with E-state index in [1.54, 1.807) is 7.11 Å². The third-order valence-electron chi connectivity index (χ3n) is 5.61. The Morgan fingerprint density at radius 3 is 2.22 bits per heavy atom. The number of anilines is 1. The van der Waals surface area contributed by atoms with E-state index >= 15 is 0 Å². The van der Waals surface area contributed by atoms with Crippen molar-refractivity contribution >= 4 is 22.8 Å². The number of allylic oxidation sites excluding steroid dienone is 1. The number of ether oxygens (including phenoxy) is 1. The summed E-state index contributed by atoms with van der Waals surface area (Å²) in [6.07, 6.45) is 2.06. The molecule has 0 aliphatic carbocycles. The Bertz CT molecular complexity index is 1130. The van der Waals surface area contributed by atoms with Gasteiger partial charge in [-0.1, -0.05) is 0 Å². The van der Waals surface area contributed by atoms with Crippen LogP contribution in [0.15, 0.2) is 83.5 Å². The second-order valence-electron chi connectivity index (χ2n) is 7.57. The second kappa shape index (κ2) is 9.77. The third-order valence-corrected chi connectivity index (χ3v) is 5.61. The van der Waals surface area contributed by atoms with Crippen LogP contribution in [0.1, 0.15) is 18.2 Å². The summed E-state index contributed by atoms with van der Waals surface area (Å²) < 4.78 is 7.48. The van der Waals surface area contributed by atoms with E-state index in [0.717, 1.165) is 45.4 Å². The number of hydrogen-bond donors (Lipinski definition) is 2. The normalized spacial score (nSPS) is 14.1. The van der Waals surface area contributed by atoms with Crippen LogP contribution in [0.4, 0.5) is 11.4 Å². The largest absolute Gasteiger partial charge is 0.497 e. The summed E-state index contributed by atoms with van der Waals surface area (Å²) in [5, 5.41) is 18.6. The number of aliphatic hydroxyl groups is 2. The molecule has 1 aromatic heterocycles. The first-order valence-electron chi connectivity index (χ1n) is 10.7. The predicted molar refractivity (Wildman–Crippen MR) is 127 cm³/mol. The van der Waals surface area contributed by atoms with Crippen molar-refractivity contribution in [1.82, 2.24) is 0 Å². The summed E-state index contributed by atoms with van der Waals surface area (Å²) in [4.78, 5) is 6.93. The number of aromatic nitrogens is 1. The Morgan fingerprint density at radius 2 is 1.59 bits per heavy atom. The maximum absolute atomic E-state index is 9.28. The Morgan fingerprint density at radius 1 is 0.906 bits per heavy atom. The number of hydrogen-bond acceptors (Lipinski definition) is 5. The lowest BCUT2D eigenvalue weighted by Crippen LogP contribution is -2.34. The lowest BCUT2D eigenvalue weighted by molar-refractivity contribution is -0.577. The molecule has 2 N–H and O–H groups in total. The van der Waals surface area contributed by atoms with E-state index in [9.17, 15) is 10.2 Å². The first-order valence-corrected chi connectivity index (χ1v) is 10.7. The minimum atomic E-state index is 0.0379. The molecule has 0 amide bonds. The van der Waals surface area contributed by atoms with Crippen LogP contribution in [-0.4, -0.2) is 49.3 Å². The van der Waals surface area contributed by atoms with E-state index in [-0.39, 0.29) is 13.2 Å². The molecule has 6 heteroatoms. The zero-order valence-corrected chi connectivity index (χ0v) is 18.4. The third kappa shape index (κ3) is 4.28. The summed E-state index contributed by atoms with van der Waals surface area (Å²) in [6, 6.07) is 22.1. The maximum atomic E-state index is 9.28. The molecule has 2 heterocycles. The predicted octanol–water partition coefficient (Wildman–Crippen LogP) is 3.19. The lowest BCUT2D eigenvalue weighted by Gasteiger charge is -2.22. The summed E-state index contributed by atoms with van der Waals surface area (Å²) in [7, 11) is 1.67. The molecule has 164 valence electrons. The van der Waals surface area contributed by atoms with Gasteiger partial charge in [-0.3, -0.25) is 0 Å². The highest BCUT2D eigenvalue weighted by Crippen LogP contribution is 2.29. The Balaban J connectivity index is 1.71. The van der Waals surface area contributed by atoms with Crippen LogP contribution >= 0.6 is 0 Å². The van der Waals surface area contributed by atoms with Crippen LogP contribution < -0.4 is 14.2 Å².